The van der Waals surface area contributed by atoms with Crippen molar-refractivity contribution in [1.29, 1.82) is 0 Å². The minimum atomic E-state index is -0.617. The SMILES string of the molecule is CC1Sc2ccc(C(=O)OCC(=O)NC(C)c3ccc4ccccc4c3)cc2NC1=O. The summed E-state index contributed by atoms with van der Waals surface area (Å²) in [6.07, 6.45) is 0. The number of thioether (sulfide) groups is 1. The summed E-state index contributed by atoms with van der Waals surface area (Å²) in [5.41, 5.74) is 1.83. The van der Waals surface area contributed by atoms with E-state index >= 15 is 0 Å². The quantitative estimate of drug-likeness (QED) is 0.585. The Morgan fingerprint density at radius 1 is 1.10 bits per heavy atom. The number of amides is 2. The van der Waals surface area contributed by atoms with E-state index in [9.17, 15) is 14.4 Å². The molecule has 1 aliphatic rings. The third-order valence-electron chi connectivity index (χ3n) is 5.13. The molecule has 7 heteroatoms. The Labute approximate surface area is 184 Å². The highest BCUT2D eigenvalue weighted by molar-refractivity contribution is 8.00. The summed E-state index contributed by atoms with van der Waals surface area (Å²) in [6, 6.07) is 18.8. The third kappa shape index (κ3) is 4.72. The van der Waals surface area contributed by atoms with E-state index in [1.54, 1.807) is 18.2 Å². The van der Waals surface area contributed by atoms with Gasteiger partial charge >= 0.3 is 5.97 Å². The van der Waals surface area contributed by atoms with E-state index in [0.29, 0.717) is 5.69 Å². The van der Waals surface area contributed by atoms with Crippen LogP contribution in [0.25, 0.3) is 10.8 Å². The molecule has 2 N–H and O–H groups in total. The van der Waals surface area contributed by atoms with Crippen molar-refractivity contribution in [3.05, 3.63) is 71.8 Å². The van der Waals surface area contributed by atoms with Crippen LogP contribution in [-0.2, 0) is 14.3 Å². The van der Waals surface area contributed by atoms with Crippen molar-refractivity contribution in [3.8, 4) is 0 Å². The molecule has 3 aromatic rings. The first kappa shape index (κ1) is 20.9. The molecule has 6 nitrogen and oxygen atoms in total. The molecule has 0 saturated heterocycles. The van der Waals surface area contributed by atoms with Gasteiger partial charge < -0.3 is 15.4 Å². The number of hydrogen-bond donors (Lipinski definition) is 2. The van der Waals surface area contributed by atoms with Crippen molar-refractivity contribution in [1.82, 2.24) is 5.32 Å². The molecule has 2 atom stereocenters. The van der Waals surface area contributed by atoms with Crippen LogP contribution in [0.1, 0.15) is 35.8 Å². The summed E-state index contributed by atoms with van der Waals surface area (Å²) in [5, 5.41) is 7.68. The zero-order valence-electron chi connectivity index (χ0n) is 17.2. The van der Waals surface area contributed by atoms with Crippen LogP contribution in [0, 0.1) is 0 Å². The van der Waals surface area contributed by atoms with Crippen LogP contribution < -0.4 is 10.6 Å². The summed E-state index contributed by atoms with van der Waals surface area (Å²) in [5.74, 6) is -1.11. The second kappa shape index (κ2) is 8.81. The highest BCUT2D eigenvalue weighted by Gasteiger charge is 2.24. The number of carbonyl (C=O) groups excluding carboxylic acids is 3. The molecule has 0 bridgehead atoms. The molecule has 0 radical (unpaired) electrons. The normalized spacial score (nSPS) is 16.2. The molecule has 2 amide bonds. The number of anilines is 1. The van der Waals surface area contributed by atoms with Gasteiger partial charge in [0.05, 0.1) is 22.5 Å². The van der Waals surface area contributed by atoms with Gasteiger partial charge in [-0.2, -0.15) is 0 Å². The summed E-state index contributed by atoms with van der Waals surface area (Å²) in [7, 11) is 0. The number of carbonyl (C=O) groups is 3. The predicted molar refractivity (Wildman–Crippen MR) is 121 cm³/mol. The molecule has 0 aliphatic carbocycles. The number of nitrogens with one attached hydrogen (secondary N) is 2. The van der Waals surface area contributed by atoms with Gasteiger partial charge in [-0.05, 0) is 54.4 Å². The van der Waals surface area contributed by atoms with Crippen molar-refractivity contribution >= 4 is 46.0 Å². The van der Waals surface area contributed by atoms with Gasteiger partial charge in [0.1, 0.15) is 0 Å². The summed E-state index contributed by atoms with van der Waals surface area (Å²) >= 11 is 1.44. The molecule has 2 unspecified atom stereocenters. The molecule has 0 saturated carbocycles. The van der Waals surface area contributed by atoms with Crippen LogP contribution in [0.5, 0.6) is 0 Å². The molecule has 158 valence electrons. The van der Waals surface area contributed by atoms with Crippen molar-refractivity contribution in [2.75, 3.05) is 11.9 Å². The number of hydrogen-bond acceptors (Lipinski definition) is 5. The lowest BCUT2D eigenvalue weighted by molar-refractivity contribution is -0.124. The third-order valence-corrected chi connectivity index (χ3v) is 6.31. The second-order valence-electron chi connectivity index (χ2n) is 7.43. The van der Waals surface area contributed by atoms with Gasteiger partial charge in [0.15, 0.2) is 6.61 Å². The number of benzene rings is 3. The van der Waals surface area contributed by atoms with E-state index in [4.69, 9.17) is 4.74 Å². The Morgan fingerprint density at radius 2 is 1.87 bits per heavy atom. The second-order valence-corrected chi connectivity index (χ2v) is 8.81. The zero-order chi connectivity index (χ0) is 22.0. The van der Waals surface area contributed by atoms with Gasteiger partial charge in [-0.1, -0.05) is 36.4 Å². The van der Waals surface area contributed by atoms with E-state index in [-0.39, 0.29) is 35.3 Å². The van der Waals surface area contributed by atoms with Crippen molar-refractivity contribution in [2.24, 2.45) is 0 Å². The van der Waals surface area contributed by atoms with E-state index < -0.39 is 5.97 Å². The molecule has 4 rings (SSSR count). The summed E-state index contributed by atoms with van der Waals surface area (Å²) in [4.78, 5) is 37.4. The van der Waals surface area contributed by atoms with Crippen LogP contribution in [-0.4, -0.2) is 29.6 Å². The highest BCUT2D eigenvalue weighted by atomic mass is 32.2. The van der Waals surface area contributed by atoms with Crippen LogP contribution in [0.4, 0.5) is 5.69 Å². The molecule has 0 fully saturated rings. The fourth-order valence-electron chi connectivity index (χ4n) is 3.39. The van der Waals surface area contributed by atoms with E-state index in [0.717, 1.165) is 21.2 Å². The fourth-order valence-corrected chi connectivity index (χ4v) is 4.32. The van der Waals surface area contributed by atoms with Crippen LogP contribution >= 0.6 is 11.8 Å². The molecule has 0 spiro atoms. The Hall–Kier alpha value is -3.32. The minimum absolute atomic E-state index is 0.106. The van der Waals surface area contributed by atoms with Gasteiger partial charge in [-0.3, -0.25) is 9.59 Å². The maximum atomic E-state index is 12.4. The Kier molecular flexibility index (Phi) is 5.95. The van der Waals surface area contributed by atoms with Gasteiger partial charge in [-0.15, -0.1) is 11.8 Å². The first-order chi connectivity index (χ1) is 14.9. The molecular weight excluding hydrogens is 412 g/mol. The fraction of sp³-hybridized carbons (Fsp3) is 0.208. The van der Waals surface area contributed by atoms with Crippen LogP contribution in [0.15, 0.2) is 65.6 Å². The molecule has 31 heavy (non-hydrogen) atoms. The maximum Gasteiger partial charge on any atom is 0.338 e. The van der Waals surface area contributed by atoms with Gasteiger partial charge in [0.25, 0.3) is 5.91 Å². The average molecular weight is 435 g/mol. The van der Waals surface area contributed by atoms with E-state index in [1.807, 2.05) is 56.3 Å². The first-order valence-corrected chi connectivity index (χ1v) is 10.9. The number of esters is 1. The first-order valence-electron chi connectivity index (χ1n) is 9.97. The molecule has 1 aliphatic heterocycles. The lowest BCUT2D eigenvalue weighted by Gasteiger charge is -2.21. The Morgan fingerprint density at radius 3 is 2.68 bits per heavy atom. The highest BCUT2D eigenvalue weighted by Crippen LogP contribution is 2.36. The van der Waals surface area contributed by atoms with Crippen molar-refractivity contribution in [3.63, 3.8) is 0 Å². The number of fused-ring (bicyclic) bond motifs is 2. The van der Waals surface area contributed by atoms with Gasteiger partial charge in [-0.25, -0.2) is 4.79 Å². The minimum Gasteiger partial charge on any atom is -0.452 e. The topological polar surface area (TPSA) is 84.5 Å². The summed E-state index contributed by atoms with van der Waals surface area (Å²) < 4.78 is 5.17. The Balaban J connectivity index is 1.34. The van der Waals surface area contributed by atoms with Crippen molar-refractivity contribution < 1.29 is 19.1 Å². The Bertz CT molecular complexity index is 1180. The molecule has 3 aromatic carbocycles. The van der Waals surface area contributed by atoms with Gasteiger partial charge in [0.2, 0.25) is 5.91 Å². The smallest absolute Gasteiger partial charge is 0.338 e. The van der Waals surface area contributed by atoms with Gasteiger partial charge in [0, 0.05) is 4.90 Å². The average Bonchev–Trinajstić information content (AvgIpc) is 2.77. The largest absolute Gasteiger partial charge is 0.452 e. The molecular formula is C24H22N2O4S. The molecule has 1 heterocycles. The molecule has 0 aromatic heterocycles. The van der Waals surface area contributed by atoms with E-state index in [2.05, 4.69) is 10.6 Å². The monoisotopic (exact) mass is 434 g/mol. The van der Waals surface area contributed by atoms with E-state index in [1.165, 1.54) is 11.8 Å². The maximum absolute atomic E-state index is 12.4. The van der Waals surface area contributed by atoms with Crippen LogP contribution in [0.3, 0.4) is 0 Å². The number of rotatable bonds is 5. The lowest BCUT2D eigenvalue weighted by atomic mass is 10.0. The summed E-state index contributed by atoms with van der Waals surface area (Å²) in [6.45, 7) is 3.32. The standard InChI is InChI=1S/C24H22N2O4S/c1-14(17-8-7-16-5-3-4-6-18(16)11-17)25-22(27)13-30-24(29)19-9-10-21-20(12-19)26-23(28)15(2)31-21/h3-12,14-15H,13H2,1-2H3,(H,25,27)(H,26,28). The zero-order valence-corrected chi connectivity index (χ0v) is 18.0. The lowest BCUT2D eigenvalue weighted by Crippen LogP contribution is -2.31. The number of ether oxygens (including phenoxy) is 1. The van der Waals surface area contributed by atoms with Crippen molar-refractivity contribution in [2.45, 2.75) is 30.0 Å². The predicted octanol–water partition coefficient (Wildman–Crippen LogP) is 4.31. The van der Waals surface area contributed by atoms with Crippen LogP contribution in [0.2, 0.25) is 0 Å².